The average molecular weight is 570 g/mol. The molecule has 8 heteroatoms. The molecule has 3 heterocycles. The first-order valence-corrected chi connectivity index (χ1v) is 15.1. The van der Waals surface area contributed by atoms with Crippen LogP contribution in [-0.4, -0.2) is 53.6 Å². The number of nitrogens with one attached hydrogen (secondary N) is 1. The van der Waals surface area contributed by atoms with Gasteiger partial charge in [-0.1, -0.05) is 74.5 Å². The van der Waals surface area contributed by atoms with Crippen LogP contribution < -0.4 is 10.1 Å². The second kappa shape index (κ2) is 9.34. The van der Waals surface area contributed by atoms with Crippen LogP contribution in [0.5, 0.6) is 5.75 Å². The Morgan fingerprint density at radius 1 is 1.07 bits per heavy atom. The number of fused-ring (bicyclic) bond motifs is 3. The van der Waals surface area contributed by atoms with Crippen LogP contribution in [0.3, 0.4) is 0 Å². The van der Waals surface area contributed by atoms with Crippen molar-refractivity contribution in [3.8, 4) is 5.75 Å². The van der Waals surface area contributed by atoms with Gasteiger partial charge in [0.15, 0.2) is 11.8 Å². The van der Waals surface area contributed by atoms with Gasteiger partial charge in [-0.2, -0.15) is 5.10 Å². The van der Waals surface area contributed by atoms with Crippen LogP contribution in [0.15, 0.2) is 86.7 Å². The Labute approximate surface area is 245 Å². The third-order valence-electron chi connectivity index (χ3n) is 9.49. The number of carbonyl (C=O) groups excluding carboxylic acids is 1. The van der Waals surface area contributed by atoms with Gasteiger partial charge in [-0.3, -0.25) is 9.80 Å². The number of carbonyl (C=O) groups is 1. The van der Waals surface area contributed by atoms with Crippen LogP contribution in [0.25, 0.3) is 0 Å². The average Bonchev–Trinajstić information content (AvgIpc) is 3.25. The number of aliphatic hydroxyl groups is 1. The smallest absolute Gasteiger partial charge is 0.254 e. The minimum atomic E-state index is -1.10. The summed E-state index contributed by atoms with van der Waals surface area (Å²) in [5.74, 6) is 0.330. The van der Waals surface area contributed by atoms with Gasteiger partial charge in [-0.15, -0.1) is 0 Å². The Morgan fingerprint density at radius 2 is 1.83 bits per heavy atom. The molecule has 3 aliphatic heterocycles. The van der Waals surface area contributed by atoms with Gasteiger partial charge in [-0.25, -0.2) is 0 Å². The van der Waals surface area contributed by atoms with Gasteiger partial charge < -0.3 is 19.9 Å². The molecule has 1 saturated heterocycles. The summed E-state index contributed by atoms with van der Waals surface area (Å²) in [5.41, 5.74) is 3.63. The van der Waals surface area contributed by atoms with Crippen molar-refractivity contribution < 1.29 is 19.4 Å². The molecule has 1 amide bonds. The maximum absolute atomic E-state index is 12.6. The van der Waals surface area contributed by atoms with E-state index in [0.29, 0.717) is 36.5 Å². The summed E-state index contributed by atoms with van der Waals surface area (Å²) in [7, 11) is 0. The molecule has 212 valence electrons. The molecule has 41 heavy (non-hydrogen) atoms. The number of hydrazone groups is 1. The van der Waals surface area contributed by atoms with E-state index < -0.39 is 22.7 Å². The number of thioether (sulfide) groups is 1. The van der Waals surface area contributed by atoms with E-state index >= 15 is 0 Å². The molecule has 0 aromatic heterocycles. The SMILES string of the molecule is CC1=CC=C2C(C)(C)C(=NN3CCOCC3)C(Sc3ccccc3)=CC23Oc2c(ccc4c2C(O)NC4=O)CC13C. The lowest BCUT2D eigenvalue weighted by atomic mass is 9.52. The molecule has 1 fully saturated rings. The van der Waals surface area contributed by atoms with E-state index in [1.165, 1.54) is 5.57 Å². The van der Waals surface area contributed by atoms with Gasteiger partial charge in [0, 0.05) is 20.6 Å². The number of rotatable bonds is 3. The number of ether oxygens (including phenoxy) is 2. The monoisotopic (exact) mass is 569 g/mol. The third-order valence-corrected chi connectivity index (χ3v) is 10.5. The molecule has 0 radical (unpaired) electrons. The second-order valence-corrected chi connectivity index (χ2v) is 13.3. The highest BCUT2D eigenvalue weighted by Gasteiger charge is 2.63. The van der Waals surface area contributed by atoms with Gasteiger partial charge in [0.2, 0.25) is 0 Å². The number of morpholine rings is 1. The highest BCUT2D eigenvalue weighted by atomic mass is 32.2. The first-order valence-electron chi connectivity index (χ1n) is 14.3. The summed E-state index contributed by atoms with van der Waals surface area (Å²) in [6.45, 7) is 11.8. The van der Waals surface area contributed by atoms with Gasteiger partial charge >= 0.3 is 0 Å². The van der Waals surface area contributed by atoms with Crippen molar-refractivity contribution in [2.24, 2.45) is 15.9 Å². The van der Waals surface area contributed by atoms with E-state index in [9.17, 15) is 9.90 Å². The predicted molar refractivity (Wildman–Crippen MR) is 160 cm³/mol. The standard InChI is InChI=1S/C33H35N3O4S/c1-20-10-13-25-31(2,3)28(35-36-14-16-39-17-15-36)24(41-22-8-6-5-7-9-22)19-33(25)32(20,4)18-21-11-12-23-26(27(21)40-33)30(38)34-29(23)37/h5-13,19,30,38H,14-18H2,1-4H3,(H,34,37). The highest BCUT2D eigenvalue weighted by Crippen LogP contribution is 2.63. The van der Waals surface area contributed by atoms with Crippen molar-refractivity contribution in [3.05, 3.63) is 93.4 Å². The van der Waals surface area contributed by atoms with Crippen LogP contribution >= 0.6 is 11.8 Å². The fraction of sp³-hybridized carbons (Fsp3) is 0.394. The normalized spacial score (nSPS) is 30.6. The van der Waals surface area contributed by atoms with Crippen molar-refractivity contribution in [2.75, 3.05) is 26.3 Å². The predicted octanol–water partition coefficient (Wildman–Crippen LogP) is 5.39. The molecule has 7 nitrogen and oxygen atoms in total. The summed E-state index contributed by atoms with van der Waals surface area (Å²) in [6.07, 6.45) is 6.32. The molecule has 3 atom stereocenters. The quantitative estimate of drug-likeness (QED) is 0.516. The maximum Gasteiger partial charge on any atom is 0.254 e. The lowest BCUT2D eigenvalue weighted by molar-refractivity contribution is 0.00684. The number of benzene rings is 2. The zero-order valence-corrected chi connectivity index (χ0v) is 24.7. The molecule has 2 aromatic rings. The first-order chi connectivity index (χ1) is 19.6. The number of nitrogens with zero attached hydrogens (tertiary/aromatic N) is 2. The minimum Gasteiger partial charge on any atom is -0.477 e. The fourth-order valence-corrected chi connectivity index (χ4v) is 8.19. The molecule has 1 spiro atoms. The molecule has 0 bridgehead atoms. The zero-order chi connectivity index (χ0) is 28.6. The Bertz CT molecular complexity index is 1570. The topological polar surface area (TPSA) is 83.4 Å². The number of allylic oxidation sites excluding steroid dienone is 3. The number of hydrogen-bond acceptors (Lipinski definition) is 7. The van der Waals surface area contributed by atoms with E-state index in [1.807, 2.05) is 18.2 Å². The van der Waals surface area contributed by atoms with Crippen LogP contribution in [-0.2, 0) is 11.2 Å². The summed E-state index contributed by atoms with van der Waals surface area (Å²) in [4.78, 5) is 14.8. The fourth-order valence-electron chi connectivity index (χ4n) is 7.02. The number of aliphatic hydroxyl groups excluding tert-OH is 1. The number of amides is 1. The molecule has 0 saturated carbocycles. The van der Waals surface area contributed by atoms with E-state index in [2.05, 4.69) is 80.5 Å². The Hall–Kier alpha value is -3.33. The van der Waals surface area contributed by atoms with Crippen LogP contribution in [0, 0.1) is 10.8 Å². The van der Waals surface area contributed by atoms with E-state index in [1.54, 1.807) is 11.8 Å². The van der Waals surface area contributed by atoms with Crippen LogP contribution in [0.1, 0.15) is 55.4 Å². The van der Waals surface area contributed by atoms with Gasteiger partial charge in [-0.05, 0) is 48.8 Å². The second-order valence-electron chi connectivity index (χ2n) is 12.2. The lowest BCUT2D eigenvalue weighted by Gasteiger charge is -2.59. The summed E-state index contributed by atoms with van der Waals surface area (Å²) >= 11 is 1.71. The molecule has 7 rings (SSSR count). The van der Waals surface area contributed by atoms with Gasteiger partial charge in [0.05, 0.1) is 43.1 Å². The minimum absolute atomic E-state index is 0.278. The highest BCUT2D eigenvalue weighted by molar-refractivity contribution is 8.04. The Morgan fingerprint density at radius 3 is 2.59 bits per heavy atom. The van der Waals surface area contributed by atoms with E-state index in [4.69, 9.17) is 14.6 Å². The molecule has 2 N–H and O–H groups in total. The molecular formula is C33H35N3O4S. The van der Waals surface area contributed by atoms with Gasteiger partial charge in [0.1, 0.15) is 5.75 Å². The van der Waals surface area contributed by atoms with Gasteiger partial charge in [0.25, 0.3) is 5.91 Å². The lowest BCUT2D eigenvalue weighted by Crippen LogP contribution is -2.62. The third kappa shape index (κ3) is 3.87. The maximum atomic E-state index is 12.6. The summed E-state index contributed by atoms with van der Waals surface area (Å²) < 4.78 is 12.9. The summed E-state index contributed by atoms with van der Waals surface area (Å²) in [6, 6.07) is 14.2. The van der Waals surface area contributed by atoms with Crippen molar-refractivity contribution >= 4 is 23.4 Å². The van der Waals surface area contributed by atoms with E-state index in [0.717, 1.165) is 39.7 Å². The Kier molecular flexibility index (Phi) is 6.05. The summed E-state index contributed by atoms with van der Waals surface area (Å²) in [5, 5.41) is 21.0. The first kappa shape index (κ1) is 26.6. The molecule has 2 aliphatic carbocycles. The van der Waals surface area contributed by atoms with Crippen molar-refractivity contribution in [1.82, 2.24) is 10.3 Å². The molecule has 2 aromatic carbocycles. The molecule has 3 unspecified atom stereocenters. The molecular weight excluding hydrogens is 534 g/mol. The van der Waals surface area contributed by atoms with E-state index in [-0.39, 0.29) is 5.91 Å². The largest absolute Gasteiger partial charge is 0.477 e. The Balaban J connectivity index is 1.47. The van der Waals surface area contributed by atoms with Crippen molar-refractivity contribution in [1.29, 1.82) is 0 Å². The molecule has 5 aliphatic rings. The number of hydrogen-bond donors (Lipinski definition) is 2. The van der Waals surface area contributed by atoms with Crippen LogP contribution in [0.4, 0.5) is 0 Å². The van der Waals surface area contributed by atoms with Crippen molar-refractivity contribution in [3.63, 3.8) is 0 Å². The van der Waals surface area contributed by atoms with Crippen molar-refractivity contribution in [2.45, 2.75) is 50.8 Å². The zero-order valence-electron chi connectivity index (χ0n) is 23.9. The van der Waals surface area contributed by atoms with Crippen LogP contribution in [0.2, 0.25) is 0 Å².